The Hall–Kier alpha value is -3.06. The highest BCUT2D eigenvalue weighted by molar-refractivity contribution is 5.78. The van der Waals surface area contributed by atoms with E-state index in [-0.39, 0.29) is 17.6 Å². The Labute approximate surface area is 199 Å². The predicted molar refractivity (Wildman–Crippen MR) is 128 cm³/mol. The summed E-state index contributed by atoms with van der Waals surface area (Å²) in [5.74, 6) is 1.86. The minimum absolute atomic E-state index is 0.196. The molecule has 3 aromatic rings. The van der Waals surface area contributed by atoms with Crippen LogP contribution in [0.3, 0.4) is 0 Å². The van der Waals surface area contributed by atoms with E-state index >= 15 is 0 Å². The van der Waals surface area contributed by atoms with Crippen molar-refractivity contribution in [2.45, 2.75) is 38.0 Å². The second kappa shape index (κ2) is 10.5. The van der Waals surface area contributed by atoms with Crippen LogP contribution in [0.25, 0.3) is 11.5 Å². The number of rotatable bonds is 6. The largest absolute Gasteiger partial charge is 0.420 e. The highest BCUT2D eigenvalue weighted by Crippen LogP contribution is 2.29. The first-order valence-corrected chi connectivity index (χ1v) is 12.3. The zero-order valence-corrected chi connectivity index (χ0v) is 19.4. The molecule has 0 spiro atoms. The Balaban J connectivity index is 1.06. The topological polar surface area (TPSA) is 62.5 Å². The lowest BCUT2D eigenvalue weighted by molar-refractivity contribution is -0.134. The summed E-state index contributed by atoms with van der Waals surface area (Å²) in [4.78, 5) is 17.2. The Morgan fingerprint density at radius 3 is 2.32 bits per heavy atom. The van der Waals surface area contributed by atoms with Crippen LogP contribution in [0, 0.1) is 11.7 Å². The Kier molecular flexibility index (Phi) is 7.00. The third-order valence-electron chi connectivity index (χ3n) is 7.16. The average Bonchev–Trinajstić information content (AvgIpc) is 3.36. The first-order chi connectivity index (χ1) is 16.6. The van der Waals surface area contributed by atoms with Gasteiger partial charge in [-0.3, -0.25) is 9.69 Å². The molecule has 2 fully saturated rings. The molecule has 5 rings (SSSR count). The molecule has 3 heterocycles. The lowest BCUT2D eigenvalue weighted by Crippen LogP contribution is -2.46. The molecular weight excluding hydrogens is 431 g/mol. The monoisotopic (exact) mass is 462 g/mol. The van der Waals surface area contributed by atoms with E-state index in [1.165, 1.54) is 17.7 Å². The van der Waals surface area contributed by atoms with E-state index in [9.17, 15) is 9.18 Å². The number of amides is 1. The van der Waals surface area contributed by atoms with Crippen molar-refractivity contribution >= 4 is 5.91 Å². The van der Waals surface area contributed by atoms with Gasteiger partial charge in [0, 0.05) is 24.6 Å². The summed E-state index contributed by atoms with van der Waals surface area (Å²) in [5, 5.41) is 8.37. The summed E-state index contributed by atoms with van der Waals surface area (Å²) < 4.78 is 19.0. The SMILES string of the molecule is O=C(CN1CCC(c2nnc(-c3ccc(F)cc3)o2)CC1)N1CCC(Cc2ccccc2)CC1. The highest BCUT2D eigenvalue weighted by atomic mass is 19.1. The van der Waals surface area contributed by atoms with E-state index < -0.39 is 0 Å². The van der Waals surface area contributed by atoms with Crippen LogP contribution >= 0.6 is 0 Å². The van der Waals surface area contributed by atoms with E-state index in [0.29, 0.717) is 24.2 Å². The predicted octanol–water partition coefficient (Wildman–Crippen LogP) is 4.54. The van der Waals surface area contributed by atoms with Crippen molar-refractivity contribution in [3.63, 3.8) is 0 Å². The Morgan fingerprint density at radius 1 is 0.912 bits per heavy atom. The van der Waals surface area contributed by atoms with Crippen molar-refractivity contribution < 1.29 is 13.6 Å². The zero-order valence-electron chi connectivity index (χ0n) is 19.4. The van der Waals surface area contributed by atoms with Crippen LogP contribution in [-0.2, 0) is 11.2 Å². The van der Waals surface area contributed by atoms with Gasteiger partial charge in [0.25, 0.3) is 0 Å². The molecule has 0 aliphatic carbocycles. The molecule has 0 atom stereocenters. The van der Waals surface area contributed by atoms with Gasteiger partial charge in [0.2, 0.25) is 17.7 Å². The molecule has 34 heavy (non-hydrogen) atoms. The lowest BCUT2D eigenvalue weighted by atomic mass is 9.90. The molecule has 2 aliphatic heterocycles. The van der Waals surface area contributed by atoms with Crippen molar-refractivity contribution in [2.24, 2.45) is 5.92 Å². The second-order valence-corrected chi connectivity index (χ2v) is 9.52. The van der Waals surface area contributed by atoms with Gasteiger partial charge in [-0.05, 0) is 80.9 Å². The number of carbonyl (C=O) groups is 1. The molecule has 2 saturated heterocycles. The van der Waals surface area contributed by atoms with Gasteiger partial charge in [-0.25, -0.2) is 4.39 Å². The number of hydrogen-bond donors (Lipinski definition) is 0. The van der Waals surface area contributed by atoms with Gasteiger partial charge in [0.15, 0.2) is 0 Å². The minimum Gasteiger partial charge on any atom is -0.420 e. The van der Waals surface area contributed by atoms with Crippen LogP contribution in [0.5, 0.6) is 0 Å². The maximum absolute atomic E-state index is 13.1. The molecule has 2 aromatic carbocycles. The third kappa shape index (κ3) is 5.53. The third-order valence-corrected chi connectivity index (χ3v) is 7.16. The van der Waals surface area contributed by atoms with E-state index in [1.54, 1.807) is 12.1 Å². The molecule has 0 saturated carbocycles. The maximum Gasteiger partial charge on any atom is 0.247 e. The van der Waals surface area contributed by atoms with Gasteiger partial charge >= 0.3 is 0 Å². The summed E-state index contributed by atoms with van der Waals surface area (Å²) in [6, 6.07) is 16.7. The van der Waals surface area contributed by atoms with Crippen LogP contribution in [-0.4, -0.2) is 58.6 Å². The van der Waals surface area contributed by atoms with Crippen molar-refractivity contribution in [2.75, 3.05) is 32.7 Å². The minimum atomic E-state index is -0.290. The van der Waals surface area contributed by atoms with Gasteiger partial charge in [-0.2, -0.15) is 0 Å². The van der Waals surface area contributed by atoms with E-state index in [0.717, 1.165) is 63.8 Å². The number of likely N-dealkylation sites (tertiary alicyclic amines) is 2. The fourth-order valence-electron chi connectivity index (χ4n) is 5.07. The molecule has 2 aliphatic rings. The van der Waals surface area contributed by atoms with Gasteiger partial charge < -0.3 is 9.32 Å². The van der Waals surface area contributed by atoms with Crippen LogP contribution in [0.4, 0.5) is 4.39 Å². The number of hydrogen-bond acceptors (Lipinski definition) is 5. The zero-order chi connectivity index (χ0) is 23.3. The van der Waals surface area contributed by atoms with Gasteiger partial charge in [0.05, 0.1) is 6.54 Å². The number of piperidine rings is 2. The lowest BCUT2D eigenvalue weighted by Gasteiger charge is -2.35. The van der Waals surface area contributed by atoms with Crippen molar-refractivity contribution in [3.8, 4) is 11.5 Å². The molecule has 1 amide bonds. The standard InChI is InChI=1S/C27H31FN4O2/c28-24-8-6-22(7-9-24)26-29-30-27(34-26)23-12-14-31(15-13-23)19-25(33)32-16-10-21(11-17-32)18-20-4-2-1-3-5-20/h1-9,21,23H,10-19H2. The summed E-state index contributed by atoms with van der Waals surface area (Å²) >= 11 is 0. The Morgan fingerprint density at radius 2 is 1.62 bits per heavy atom. The first-order valence-electron chi connectivity index (χ1n) is 12.3. The molecule has 178 valence electrons. The molecule has 7 heteroatoms. The van der Waals surface area contributed by atoms with Crippen molar-refractivity contribution in [1.82, 2.24) is 20.0 Å². The van der Waals surface area contributed by atoms with Crippen molar-refractivity contribution in [1.29, 1.82) is 0 Å². The van der Waals surface area contributed by atoms with Crippen LogP contribution in [0.15, 0.2) is 59.0 Å². The number of nitrogens with zero attached hydrogens (tertiary/aromatic N) is 4. The quantitative estimate of drug-likeness (QED) is 0.538. The molecule has 6 nitrogen and oxygen atoms in total. The Bertz CT molecular complexity index is 1070. The van der Waals surface area contributed by atoms with E-state index in [2.05, 4.69) is 45.4 Å². The van der Waals surface area contributed by atoms with E-state index in [1.807, 2.05) is 4.90 Å². The molecule has 0 N–H and O–H groups in total. The normalized spacial score (nSPS) is 18.3. The summed E-state index contributed by atoms with van der Waals surface area (Å²) in [5.41, 5.74) is 2.11. The highest BCUT2D eigenvalue weighted by Gasteiger charge is 2.28. The van der Waals surface area contributed by atoms with Crippen LogP contribution in [0.1, 0.15) is 43.1 Å². The summed E-state index contributed by atoms with van der Waals surface area (Å²) in [6.07, 6.45) is 5.04. The number of halogens is 1. The van der Waals surface area contributed by atoms with Crippen molar-refractivity contribution in [3.05, 3.63) is 71.9 Å². The van der Waals surface area contributed by atoms with E-state index in [4.69, 9.17) is 4.42 Å². The average molecular weight is 463 g/mol. The maximum atomic E-state index is 13.1. The molecule has 1 aromatic heterocycles. The van der Waals surface area contributed by atoms with Crippen LogP contribution < -0.4 is 0 Å². The van der Waals surface area contributed by atoms with Crippen LogP contribution in [0.2, 0.25) is 0 Å². The first kappa shape index (κ1) is 22.7. The fourth-order valence-corrected chi connectivity index (χ4v) is 5.07. The van der Waals surface area contributed by atoms with Gasteiger partial charge in [0.1, 0.15) is 5.82 Å². The summed E-state index contributed by atoms with van der Waals surface area (Å²) in [6.45, 7) is 3.90. The van der Waals surface area contributed by atoms with Gasteiger partial charge in [-0.15, -0.1) is 10.2 Å². The summed E-state index contributed by atoms with van der Waals surface area (Å²) in [7, 11) is 0. The number of aromatic nitrogens is 2. The second-order valence-electron chi connectivity index (χ2n) is 9.52. The number of benzene rings is 2. The molecular formula is C27H31FN4O2. The smallest absolute Gasteiger partial charge is 0.247 e. The number of carbonyl (C=O) groups excluding carboxylic acids is 1. The van der Waals surface area contributed by atoms with Gasteiger partial charge in [-0.1, -0.05) is 30.3 Å². The molecule has 0 bridgehead atoms. The molecule has 0 radical (unpaired) electrons. The molecule has 0 unspecified atom stereocenters. The fraction of sp³-hybridized carbons (Fsp3) is 0.444.